The van der Waals surface area contributed by atoms with Crippen molar-refractivity contribution in [2.45, 2.75) is 253 Å². The molecule has 0 radical (unpaired) electrons. The van der Waals surface area contributed by atoms with Crippen molar-refractivity contribution in [1.29, 1.82) is 0 Å². The van der Waals surface area contributed by atoms with Crippen molar-refractivity contribution in [1.82, 2.24) is 0 Å². The maximum Gasteiger partial charge on any atom is 0.530 e. The molecule has 0 amide bonds. The highest BCUT2D eigenvalue weighted by Gasteiger charge is 2.34. The second-order valence-corrected chi connectivity index (χ2v) is 22.4. The molecule has 0 heterocycles. The van der Waals surface area contributed by atoms with Gasteiger partial charge in [-0.25, -0.2) is 0 Å². The summed E-state index contributed by atoms with van der Waals surface area (Å²) in [5, 5.41) is 0. The highest BCUT2D eigenvalue weighted by atomic mass is 31.2. The third-order valence-corrected chi connectivity index (χ3v) is 14.5. The van der Waals surface area contributed by atoms with Crippen molar-refractivity contribution in [2.24, 2.45) is 0 Å². The van der Waals surface area contributed by atoms with Crippen LogP contribution in [0.4, 0.5) is 0 Å². The predicted molar refractivity (Wildman–Crippen MR) is 270 cm³/mol. The third-order valence-electron chi connectivity index (χ3n) is 13.4. The molecule has 4 heteroatoms. The number of benzene rings is 3. The van der Waals surface area contributed by atoms with E-state index in [0.29, 0.717) is 17.8 Å². The van der Waals surface area contributed by atoms with Crippen LogP contribution in [-0.4, -0.2) is 0 Å². The maximum atomic E-state index is 7.38. The zero-order valence-electron chi connectivity index (χ0n) is 42.3. The van der Waals surface area contributed by atoms with E-state index in [4.69, 9.17) is 13.6 Å². The fourth-order valence-corrected chi connectivity index (χ4v) is 9.86. The van der Waals surface area contributed by atoms with E-state index in [2.05, 4.69) is 158 Å². The lowest BCUT2D eigenvalue weighted by molar-refractivity contribution is 0.358. The van der Waals surface area contributed by atoms with Gasteiger partial charge in [-0.3, -0.25) is 0 Å². The molecule has 0 N–H and O–H groups in total. The molecule has 0 aliphatic heterocycles. The smallest absolute Gasteiger partial charge is 0.408 e. The SMILES string of the molecule is CCCCCCCC(C)(C)c1ccc(C(C)C)cc1OP(Oc1cc(C(C)C)ccc1C(C)(C)CCCCCCC)Oc1cc(C(C)C)ccc1C(C)(C)CCCCCCC. The van der Waals surface area contributed by atoms with Crippen LogP contribution >= 0.6 is 8.60 Å². The molecular formula is C57H93O3P. The second kappa shape index (κ2) is 25.7. The molecule has 61 heavy (non-hydrogen) atoms. The first kappa shape index (κ1) is 52.8. The molecule has 0 saturated heterocycles. The van der Waals surface area contributed by atoms with Gasteiger partial charge in [0.2, 0.25) is 0 Å². The van der Waals surface area contributed by atoms with Crippen molar-refractivity contribution in [2.75, 3.05) is 0 Å². The summed E-state index contributed by atoms with van der Waals surface area (Å²) in [5.41, 5.74) is 7.27. The Hall–Kier alpha value is -2.51. The molecule has 0 spiro atoms. The number of hydrogen-bond donors (Lipinski definition) is 0. The third kappa shape index (κ3) is 16.9. The van der Waals surface area contributed by atoms with Crippen molar-refractivity contribution in [3.05, 3.63) is 88.0 Å². The summed E-state index contributed by atoms with van der Waals surface area (Å²) in [7, 11) is -1.94. The average Bonchev–Trinajstić information content (AvgIpc) is 3.20. The fourth-order valence-electron chi connectivity index (χ4n) is 8.81. The van der Waals surface area contributed by atoms with Crippen molar-refractivity contribution >= 4 is 8.60 Å². The molecular weight excluding hydrogens is 764 g/mol. The van der Waals surface area contributed by atoms with Crippen molar-refractivity contribution in [3.63, 3.8) is 0 Å². The van der Waals surface area contributed by atoms with E-state index in [1.165, 1.54) is 130 Å². The predicted octanol–water partition coefficient (Wildman–Crippen LogP) is 19.7. The first-order valence-electron chi connectivity index (χ1n) is 25.1. The molecule has 3 rings (SSSR count). The van der Waals surface area contributed by atoms with Crippen LogP contribution in [0.25, 0.3) is 0 Å². The minimum Gasteiger partial charge on any atom is -0.408 e. The largest absolute Gasteiger partial charge is 0.530 e. The van der Waals surface area contributed by atoms with Gasteiger partial charge in [0, 0.05) is 16.7 Å². The van der Waals surface area contributed by atoms with Gasteiger partial charge in [-0.2, -0.15) is 0 Å². The van der Waals surface area contributed by atoms with Crippen LogP contribution in [-0.2, 0) is 16.2 Å². The Labute approximate surface area is 379 Å². The molecule has 0 aromatic heterocycles. The van der Waals surface area contributed by atoms with E-state index in [-0.39, 0.29) is 16.2 Å². The van der Waals surface area contributed by atoms with Crippen molar-refractivity contribution in [3.8, 4) is 17.2 Å². The lowest BCUT2D eigenvalue weighted by Gasteiger charge is -2.32. The van der Waals surface area contributed by atoms with Crippen molar-refractivity contribution < 1.29 is 13.6 Å². The molecule has 3 nitrogen and oxygen atoms in total. The van der Waals surface area contributed by atoms with Gasteiger partial charge in [0.05, 0.1) is 0 Å². The molecule has 0 bridgehead atoms. The van der Waals surface area contributed by atoms with Crippen LogP contribution in [0.2, 0.25) is 0 Å². The van der Waals surface area contributed by atoms with E-state index in [9.17, 15) is 0 Å². The van der Waals surface area contributed by atoms with E-state index >= 15 is 0 Å². The minimum absolute atomic E-state index is 0.0803. The molecule has 0 fully saturated rings. The summed E-state index contributed by atoms with van der Waals surface area (Å²) in [5.74, 6) is 3.77. The highest BCUT2D eigenvalue weighted by Crippen LogP contribution is 2.51. The Balaban J connectivity index is 2.24. The highest BCUT2D eigenvalue weighted by molar-refractivity contribution is 7.43. The first-order valence-corrected chi connectivity index (χ1v) is 26.2. The summed E-state index contributed by atoms with van der Waals surface area (Å²) in [4.78, 5) is 0. The molecule has 0 saturated carbocycles. The summed E-state index contributed by atoms with van der Waals surface area (Å²) < 4.78 is 22.1. The standard InChI is InChI=1S/C57H93O3P/c1-16-19-22-25-28-37-55(10,11)49-34-31-46(43(4)5)40-52(49)58-61(59-53-41-47(44(6)7)32-35-50(53)56(12,13)38-29-26-23-20-17-2)60-54-42-48(45(8)9)33-36-51(54)57(14,15)39-30-27-24-21-18-3/h31-36,40-45H,16-30,37-39H2,1-15H3. The lowest BCUT2D eigenvalue weighted by Crippen LogP contribution is -2.21. The zero-order valence-corrected chi connectivity index (χ0v) is 43.2. The Kier molecular flexibility index (Phi) is 22.3. The van der Waals surface area contributed by atoms with Gasteiger partial charge in [0.15, 0.2) is 0 Å². The van der Waals surface area contributed by atoms with Gasteiger partial charge < -0.3 is 13.6 Å². The Bertz CT molecular complexity index is 1500. The topological polar surface area (TPSA) is 27.7 Å². The van der Waals surface area contributed by atoms with Gasteiger partial charge in [0.25, 0.3) is 0 Å². The summed E-state index contributed by atoms with van der Waals surface area (Å²) in [6, 6.07) is 20.8. The van der Waals surface area contributed by atoms with Gasteiger partial charge in [-0.15, -0.1) is 0 Å². The van der Waals surface area contributed by atoms with E-state index in [1.54, 1.807) is 0 Å². The van der Waals surface area contributed by atoms with Gasteiger partial charge in [-0.05, 0) is 88.2 Å². The van der Waals surface area contributed by atoms with Crippen LogP contribution in [0.3, 0.4) is 0 Å². The molecule has 0 unspecified atom stereocenters. The number of rotatable bonds is 30. The minimum atomic E-state index is -1.94. The normalized spacial score (nSPS) is 12.6. The molecule has 3 aromatic rings. The van der Waals surface area contributed by atoms with Gasteiger partial charge >= 0.3 is 8.60 Å². The Morgan fingerprint density at radius 2 is 0.623 bits per heavy atom. The summed E-state index contributed by atoms with van der Waals surface area (Å²) in [6.07, 6.45) is 22.3. The number of unbranched alkanes of at least 4 members (excludes halogenated alkanes) is 12. The Morgan fingerprint density at radius 1 is 0.377 bits per heavy atom. The molecule has 3 aromatic carbocycles. The average molecular weight is 857 g/mol. The van der Waals surface area contributed by atoms with Crippen LogP contribution in [0.5, 0.6) is 17.2 Å². The van der Waals surface area contributed by atoms with Crippen LogP contribution in [0, 0.1) is 0 Å². The molecule has 0 atom stereocenters. The molecule has 344 valence electrons. The first-order chi connectivity index (χ1) is 28.9. The van der Waals surface area contributed by atoms with E-state index < -0.39 is 8.60 Å². The van der Waals surface area contributed by atoms with E-state index in [1.807, 2.05) is 0 Å². The quantitative estimate of drug-likeness (QED) is 0.0494. The molecule has 0 aliphatic rings. The van der Waals surface area contributed by atoms with E-state index in [0.717, 1.165) is 36.5 Å². The van der Waals surface area contributed by atoms with Gasteiger partial charge in [0.1, 0.15) is 17.2 Å². The summed E-state index contributed by atoms with van der Waals surface area (Å²) >= 11 is 0. The molecule has 0 aliphatic carbocycles. The lowest BCUT2D eigenvalue weighted by atomic mass is 9.78. The zero-order chi connectivity index (χ0) is 45.2. The monoisotopic (exact) mass is 857 g/mol. The van der Waals surface area contributed by atoms with Gasteiger partial charge in [-0.1, -0.05) is 237 Å². The Morgan fingerprint density at radius 3 is 0.852 bits per heavy atom. The van der Waals surface area contributed by atoms with Crippen LogP contribution in [0.1, 0.15) is 271 Å². The fraction of sp³-hybridized carbons (Fsp3) is 0.684. The maximum absolute atomic E-state index is 7.38. The van der Waals surface area contributed by atoms with Crippen LogP contribution < -0.4 is 13.6 Å². The second-order valence-electron chi connectivity index (χ2n) is 21.4. The summed E-state index contributed by atoms with van der Waals surface area (Å²) in [6.45, 7) is 34.9. The van der Waals surface area contributed by atoms with Crippen LogP contribution in [0.15, 0.2) is 54.6 Å². The number of hydrogen-bond acceptors (Lipinski definition) is 3.